The molecule has 2 aromatic carbocycles. The number of methoxy groups -OCH3 is 2. The van der Waals surface area contributed by atoms with Gasteiger partial charge in [0, 0.05) is 5.39 Å². The van der Waals surface area contributed by atoms with Crippen molar-refractivity contribution in [3.63, 3.8) is 0 Å². The van der Waals surface area contributed by atoms with Crippen molar-refractivity contribution >= 4 is 21.9 Å². The van der Waals surface area contributed by atoms with Gasteiger partial charge in [-0.05, 0) is 23.6 Å². The minimum Gasteiger partial charge on any atom is -0.496 e. The van der Waals surface area contributed by atoms with E-state index in [1.807, 2.05) is 30.3 Å². The molecule has 6 nitrogen and oxygen atoms in total. The molecule has 0 saturated carbocycles. The molecule has 114 valence electrons. The summed E-state index contributed by atoms with van der Waals surface area (Å²) in [5.41, 5.74) is 2.28. The van der Waals surface area contributed by atoms with E-state index in [0.717, 1.165) is 27.6 Å². The first-order valence-corrected chi connectivity index (χ1v) is 7.11. The van der Waals surface area contributed by atoms with E-state index in [9.17, 15) is 0 Å². The van der Waals surface area contributed by atoms with Crippen LogP contribution in [0.5, 0.6) is 11.5 Å². The van der Waals surface area contributed by atoms with E-state index in [0.29, 0.717) is 17.2 Å². The summed E-state index contributed by atoms with van der Waals surface area (Å²) in [5, 5.41) is 2.04. The molecular weight excluding hydrogens is 292 g/mol. The van der Waals surface area contributed by atoms with Crippen LogP contribution in [0.25, 0.3) is 33.3 Å². The zero-order valence-corrected chi connectivity index (χ0v) is 12.7. The fourth-order valence-corrected chi connectivity index (χ4v) is 2.70. The molecule has 2 aromatic heterocycles. The number of hydrogen-bond acceptors (Lipinski definition) is 5. The molecule has 0 amide bonds. The van der Waals surface area contributed by atoms with Crippen molar-refractivity contribution in [3.05, 3.63) is 42.9 Å². The normalized spacial score (nSPS) is 11.0. The third kappa shape index (κ3) is 2.15. The lowest BCUT2D eigenvalue weighted by atomic mass is 10.0. The number of nitrogens with zero attached hydrogens (tertiary/aromatic N) is 3. The van der Waals surface area contributed by atoms with Crippen molar-refractivity contribution in [2.24, 2.45) is 0 Å². The summed E-state index contributed by atoms with van der Waals surface area (Å²) in [4.78, 5) is 15.9. The molecule has 0 aliphatic rings. The lowest BCUT2D eigenvalue weighted by Gasteiger charge is -2.11. The van der Waals surface area contributed by atoms with Crippen molar-refractivity contribution in [2.45, 2.75) is 0 Å². The molecule has 0 aliphatic carbocycles. The summed E-state index contributed by atoms with van der Waals surface area (Å²) in [7, 11) is 3.30. The van der Waals surface area contributed by atoms with Crippen LogP contribution in [-0.4, -0.2) is 34.2 Å². The first-order chi connectivity index (χ1) is 11.3. The van der Waals surface area contributed by atoms with Crippen molar-refractivity contribution in [1.82, 2.24) is 19.9 Å². The number of aromatic nitrogens is 4. The first-order valence-electron chi connectivity index (χ1n) is 7.11. The number of fused-ring (bicyclic) bond motifs is 2. The van der Waals surface area contributed by atoms with Crippen LogP contribution in [0.1, 0.15) is 0 Å². The third-order valence-corrected chi connectivity index (χ3v) is 3.80. The van der Waals surface area contributed by atoms with Crippen molar-refractivity contribution in [1.29, 1.82) is 0 Å². The molecule has 2 heterocycles. The van der Waals surface area contributed by atoms with E-state index in [1.165, 1.54) is 6.33 Å². The predicted octanol–water partition coefficient (Wildman–Crippen LogP) is 3.19. The summed E-state index contributed by atoms with van der Waals surface area (Å²) in [6.07, 6.45) is 3.19. The average Bonchev–Trinajstić information content (AvgIpc) is 3.03. The number of nitrogens with one attached hydrogen (secondary N) is 1. The van der Waals surface area contributed by atoms with Crippen LogP contribution in [0, 0.1) is 0 Å². The topological polar surface area (TPSA) is 72.9 Å². The summed E-state index contributed by atoms with van der Waals surface area (Å²) in [6, 6.07) is 9.91. The Kier molecular flexibility index (Phi) is 3.08. The Labute approximate surface area is 132 Å². The average molecular weight is 306 g/mol. The number of aromatic amines is 1. The molecule has 0 unspecified atom stereocenters. The monoisotopic (exact) mass is 306 g/mol. The molecule has 0 bridgehead atoms. The second kappa shape index (κ2) is 5.24. The van der Waals surface area contributed by atoms with Crippen molar-refractivity contribution < 1.29 is 9.47 Å². The maximum atomic E-state index is 5.55. The molecule has 23 heavy (non-hydrogen) atoms. The lowest BCUT2D eigenvalue weighted by Crippen LogP contribution is -1.92. The molecule has 6 heteroatoms. The summed E-state index contributed by atoms with van der Waals surface area (Å²) < 4.78 is 11.0. The molecule has 0 saturated heterocycles. The number of benzene rings is 2. The number of imidazole rings is 1. The maximum Gasteiger partial charge on any atom is 0.181 e. The third-order valence-electron chi connectivity index (χ3n) is 3.80. The predicted molar refractivity (Wildman–Crippen MR) is 87.7 cm³/mol. The highest BCUT2D eigenvalue weighted by atomic mass is 16.5. The summed E-state index contributed by atoms with van der Waals surface area (Å²) >= 11 is 0. The highest BCUT2D eigenvalue weighted by molar-refractivity contribution is 5.94. The van der Waals surface area contributed by atoms with Gasteiger partial charge in [-0.1, -0.05) is 12.1 Å². The molecular formula is C17H14N4O2. The van der Waals surface area contributed by atoms with Crippen LogP contribution in [0.2, 0.25) is 0 Å². The second-order valence-electron chi connectivity index (χ2n) is 5.08. The van der Waals surface area contributed by atoms with Gasteiger partial charge in [-0.2, -0.15) is 0 Å². The Morgan fingerprint density at radius 1 is 1.04 bits per heavy atom. The van der Waals surface area contributed by atoms with E-state index in [-0.39, 0.29) is 0 Å². The van der Waals surface area contributed by atoms with E-state index in [4.69, 9.17) is 9.47 Å². The van der Waals surface area contributed by atoms with Gasteiger partial charge in [0.05, 0.1) is 26.0 Å². The fraction of sp³-hybridized carbons (Fsp3) is 0.118. The standard InChI is InChI=1S/C17H14N4O2/c1-22-14-5-3-4-10-6-12(15(23-2)7-11(10)14)16-20-13-8-18-9-19-17(13)21-16/h3-9H,1-2H3,(H,18,19,20,21). The Hall–Kier alpha value is -3.15. The molecule has 0 radical (unpaired) electrons. The van der Waals surface area contributed by atoms with Crippen molar-refractivity contribution in [2.75, 3.05) is 14.2 Å². The molecule has 4 aromatic rings. The smallest absolute Gasteiger partial charge is 0.181 e. The van der Waals surface area contributed by atoms with Crippen LogP contribution in [0.4, 0.5) is 0 Å². The highest BCUT2D eigenvalue weighted by Gasteiger charge is 2.14. The molecule has 0 atom stereocenters. The van der Waals surface area contributed by atoms with Gasteiger partial charge >= 0.3 is 0 Å². The molecule has 4 rings (SSSR count). The van der Waals surface area contributed by atoms with E-state index in [1.54, 1.807) is 20.4 Å². The quantitative estimate of drug-likeness (QED) is 0.629. The van der Waals surface area contributed by atoms with Gasteiger partial charge in [0.1, 0.15) is 29.2 Å². The summed E-state index contributed by atoms with van der Waals surface area (Å²) in [6.45, 7) is 0. The van der Waals surface area contributed by atoms with Crippen LogP contribution in [-0.2, 0) is 0 Å². The minimum atomic E-state index is 0.628. The number of H-pyrrole nitrogens is 1. The SMILES string of the molecule is COc1cc2c(OC)cccc2cc1-c1nc2ncncc2[nH]1. The summed E-state index contributed by atoms with van der Waals surface area (Å²) in [5.74, 6) is 2.22. The number of ether oxygens (including phenoxy) is 2. The first kappa shape index (κ1) is 13.5. The van der Waals surface area contributed by atoms with Gasteiger partial charge in [-0.3, -0.25) is 0 Å². The van der Waals surface area contributed by atoms with Gasteiger partial charge in [0.25, 0.3) is 0 Å². The van der Waals surface area contributed by atoms with Crippen molar-refractivity contribution in [3.8, 4) is 22.9 Å². The molecule has 1 N–H and O–H groups in total. The maximum absolute atomic E-state index is 5.55. The Morgan fingerprint density at radius 3 is 2.70 bits per heavy atom. The van der Waals surface area contributed by atoms with E-state index >= 15 is 0 Å². The van der Waals surface area contributed by atoms with Gasteiger partial charge in [-0.15, -0.1) is 0 Å². The van der Waals surface area contributed by atoms with Gasteiger partial charge < -0.3 is 14.5 Å². The zero-order chi connectivity index (χ0) is 15.8. The molecule has 0 spiro atoms. The van der Waals surface area contributed by atoms with Gasteiger partial charge in [0.15, 0.2) is 5.65 Å². The molecule has 0 fully saturated rings. The van der Waals surface area contributed by atoms with Gasteiger partial charge in [-0.25, -0.2) is 15.0 Å². The largest absolute Gasteiger partial charge is 0.496 e. The van der Waals surface area contributed by atoms with Gasteiger partial charge in [0.2, 0.25) is 0 Å². The Bertz CT molecular complexity index is 977. The van der Waals surface area contributed by atoms with Crippen LogP contribution in [0.3, 0.4) is 0 Å². The highest BCUT2D eigenvalue weighted by Crippen LogP contribution is 2.36. The second-order valence-corrected chi connectivity index (χ2v) is 5.08. The zero-order valence-electron chi connectivity index (χ0n) is 12.7. The van der Waals surface area contributed by atoms with E-state index < -0.39 is 0 Å². The molecule has 0 aliphatic heterocycles. The minimum absolute atomic E-state index is 0.628. The van der Waals surface area contributed by atoms with E-state index in [2.05, 4.69) is 19.9 Å². The van der Waals surface area contributed by atoms with Crippen LogP contribution in [0.15, 0.2) is 42.9 Å². The number of hydrogen-bond donors (Lipinski definition) is 1. The lowest BCUT2D eigenvalue weighted by molar-refractivity contribution is 0.413. The van der Waals surface area contributed by atoms with Crippen LogP contribution >= 0.6 is 0 Å². The Morgan fingerprint density at radius 2 is 1.91 bits per heavy atom. The number of rotatable bonds is 3. The Balaban J connectivity index is 1.98. The van der Waals surface area contributed by atoms with Crippen LogP contribution < -0.4 is 9.47 Å². The fourth-order valence-electron chi connectivity index (χ4n) is 2.70.